The summed E-state index contributed by atoms with van der Waals surface area (Å²) in [6.07, 6.45) is 2.39. The number of fused-ring (bicyclic) bond motifs is 1. The molecule has 4 heteroatoms. The molecule has 1 saturated carbocycles. The van der Waals surface area contributed by atoms with Crippen LogP contribution >= 0.6 is 0 Å². The third-order valence-corrected chi connectivity index (χ3v) is 4.32. The monoisotopic (exact) mass is 306 g/mol. The van der Waals surface area contributed by atoms with Crippen LogP contribution in [0.25, 0.3) is 10.9 Å². The number of hydrogen-bond acceptors (Lipinski definition) is 2. The number of benzene rings is 2. The van der Waals surface area contributed by atoms with Crippen molar-refractivity contribution in [3.8, 4) is 0 Å². The molecule has 0 saturated heterocycles. The first-order chi connectivity index (χ1) is 11.2. The van der Waals surface area contributed by atoms with Crippen LogP contribution in [-0.4, -0.2) is 10.9 Å². The zero-order chi connectivity index (χ0) is 15.8. The Hall–Kier alpha value is -2.75. The van der Waals surface area contributed by atoms with Gasteiger partial charge in [-0.3, -0.25) is 9.78 Å². The average molecular weight is 306 g/mol. The van der Waals surface area contributed by atoms with Crippen LogP contribution < -0.4 is 5.32 Å². The van der Waals surface area contributed by atoms with E-state index in [2.05, 4.69) is 10.3 Å². The third-order valence-electron chi connectivity index (χ3n) is 4.32. The molecule has 3 nitrogen and oxygen atoms in total. The zero-order valence-electron chi connectivity index (χ0n) is 12.4. The maximum absolute atomic E-state index is 13.8. The molecular weight excluding hydrogens is 291 g/mol. The van der Waals surface area contributed by atoms with E-state index >= 15 is 0 Å². The van der Waals surface area contributed by atoms with Crippen molar-refractivity contribution in [2.24, 2.45) is 5.92 Å². The molecule has 4 rings (SSSR count). The van der Waals surface area contributed by atoms with Gasteiger partial charge in [0.15, 0.2) is 0 Å². The van der Waals surface area contributed by atoms with Crippen LogP contribution in [0.15, 0.2) is 60.8 Å². The average Bonchev–Trinajstić information content (AvgIpc) is 3.36. The van der Waals surface area contributed by atoms with E-state index in [1.807, 2.05) is 30.3 Å². The molecule has 23 heavy (non-hydrogen) atoms. The van der Waals surface area contributed by atoms with Crippen LogP contribution in [0.1, 0.15) is 17.9 Å². The SMILES string of the molecule is O=C(Nc1cccc2cccnc12)C1CC1c1ccccc1F. The summed E-state index contributed by atoms with van der Waals surface area (Å²) in [5, 5.41) is 3.92. The molecule has 114 valence electrons. The fraction of sp³-hybridized carbons (Fsp3) is 0.158. The van der Waals surface area contributed by atoms with Crippen molar-refractivity contribution < 1.29 is 9.18 Å². The molecular formula is C19H15FN2O. The number of nitrogens with one attached hydrogen (secondary N) is 1. The smallest absolute Gasteiger partial charge is 0.228 e. The van der Waals surface area contributed by atoms with Gasteiger partial charge in [0, 0.05) is 17.5 Å². The Labute approximate surface area is 133 Å². The lowest BCUT2D eigenvalue weighted by Crippen LogP contribution is -2.15. The standard InChI is InChI=1S/C19H15FN2O/c20-16-8-2-1-7-13(16)14-11-15(14)19(23)22-17-9-3-5-12-6-4-10-21-18(12)17/h1-10,14-15H,11H2,(H,22,23). The molecule has 3 aromatic rings. The normalized spacial score (nSPS) is 19.5. The van der Waals surface area contributed by atoms with Crippen LogP contribution in [0.4, 0.5) is 10.1 Å². The number of halogens is 1. The van der Waals surface area contributed by atoms with Crippen molar-refractivity contribution in [1.29, 1.82) is 0 Å². The fourth-order valence-electron chi connectivity index (χ4n) is 3.03. The summed E-state index contributed by atoms with van der Waals surface area (Å²) in [4.78, 5) is 16.8. The van der Waals surface area contributed by atoms with Crippen LogP contribution in [-0.2, 0) is 4.79 Å². The summed E-state index contributed by atoms with van der Waals surface area (Å²) < 4.78 is 13.8. The number of amides is 1. The summed E-state index contributed by atoms with van der Waals surface area (Å²) in [7, 11) is 0. The minimum atomic E-state index is -0.236. The maximum Gasteiger partial charge on any atom is 0.228 e. The predicted molar refractivity (Wildman–Crippen MR) is 87.6 cm³/mol. The van der Waals surface area contributed by atoms with E-state index in [-0.39, 0.29) is 23.6 Å². The van der Waals surface area contributed by atoms with E-state index in [1.54, 1.807) is 24.4 Å². The van der Waals surface area contributed by atoms with Crippen molar-refractivity contribution >= 4 is 22.5 Å². The number of pyridine rings is 1. The number of anilines is 1. The third kappa shape index (κ3) is 2.57. The van der Waals surface area contributed by atoms with Crippen LogP contribution in [0.5, 0.6) is 0 Å². The minimum Gasteiger partial charge on any atom is -0.324 e. The van der Waals surface area contributed by atoms with Gasteiger partial charge in [-0.1, -0.05) is 36.4 Å². The van der Waals surface area contributed by atoms with E-state index in [1.165, 1.54) is 6.07 Å². The second-order valence-corrected chi connectivity index (χ2v) is 5.84. The Morgan fingerprint density at radius 2 is 1.91 bits per heavy atom. The first kappa shape index (κ1) is 13.9. The number of aromatic nitrogens is 1. The first-order valence-electron chi connectivity index (χ1n) is 7.63. The molecule has 1 fully saturated rings. The maximum atomic E-state index is 13.8. The van der Waals surface area contributed by atoms with Crippen molar-refractivity contribution in [2.45, 2.75) is 12.3 Å². The van der Waals surface area contributed by atoms with Crippen LogP contribution in [0.3, 0.4) is 0 Å². The van der Waals surface area contributed by atoms with Crippen molar-refractivity contribution in [1.82, 2.24) is 4.98 Å². The molecule has 2 atom stereocenters. The molecule has 1 aliphatic rings. The van der Waals surface area contributed by atoms with Gasteiger partial charge in [0.05, 0.1) is 11.2 Å². The summed E-state index contributed by atoms with van der Waals surface area (Å²) in [6, 6.07) is 16.2. The molecule has 2 aromatic carbocycles. The Morgan fingerprint density at radius 1 is 1.09 bits per heavy atom. The predicted octanol–water partition coefficient (Wildman–Crippen LogP) is 4.12. The lowest BCUT2D eigenvalue weighted by molar-refractivity contribution is -0.117. The van der Waals surface area contributed by atoms with Gasteiger partial charge in [-0.15, -0.1) is 0 Å². The van der Waals surface area contributed by atoms with Crippen molar-refractivity contribution in [2.75, 3.05) is 5.32 Å². The number of carbonyl (C=O) groups is 1. The Morgan fingerprint density at radius 3 is 2.78 bits per heavy atom. The van der Waals surface area contributed by atoms with Gasteiger partial charge >= 0.3 is 0 Å². The van der Waals surface area contributed by atoms with Gasteiger partial charge < -0.3 is 5.32 Å². The lowest BCUT2D eigenvalue weighted by Gasteiger charge is -2.08. The zero-order valence-corrected chi connectivity index (χ0v) is 12.4. The highest BCUT2D eigenvalue weighted by Crippen LogP contribution is 2.48. The summed E-state index contributed by atoms with van der Waals surface area (Å²) in [5.41, 5.74) is 2.10. The van der Waals surface area contributed by atoms with Crippen LogP contribution in [0, 0.1) is 11.7 Å². The Bertz CT molecular complexity index is 888. The molecule has 1 N–H and O–H groups in total. The molecule has 0 bridgehead atoms. The van der Waals surface area contributed by atoms with Gasteiger partial charge in [0.2, 0.25) is 5.91 Å². The highest BCUT2D eigenvalue weighted by atomic mass is 19.1. The highest BCUT2D eigenvalue weighted by molar-refractivity contribution is 6.02. The Balaban J connectivity index is 1.54. The van der Waals surface area contributed by atoms with Gasteiger partial charge in [-0.2, -0.15) is 0 Å². The quantitative estimate of drug-likeness (QED) is 0.791. The second kappa shape index (κ2) is 5.47. The molecule has 1 aromatic heterocycles. The molecule has 0 radical (unpaired) electrons. The summed E-state index contributed by atoms with van der Waals surface area (Å²) in [5.74, 6) is -0.513. The van der Waals surface area contributed by atoms with E-state index in [9.17, 15) is 9.18 Å². The van der Waals surface area contributed by atoms with Gasteiger partial charge in [0.25, 0.3) is 0 Å². The second-order valence-electron chi connectivity index (χ2n) is 5.84. The molecule has 1 amide bonds. The fourth-order valence-corrected chi connectivity index (χ4v) is 3.03. The summed E-state index contributed by atoms with van der Waals surface area (Å²) in [6.45, 7) is 0. The highest BCUT2D eigenvalue weighted by Gasteiger charge is 2.45. The Kier molecular flexibility index (Phi) is 3.30. The number of para-hydroxylation sites is 1. The number of hydrogen-bond donors (Lipinski definition) is 1. The first-order valence-corrected chi connectivity index (χ1v) is 7.63. The molecule has 1 aliphatic carbocycles. The van der Waals surface area contributed by atoms with E-state index in [0.717, 1.165) is 10.9 Å². The van der Waals surface area contributed by atoms with Crippen molar-refractivity contribution in [3.05, 3.63) is 72.2 Å². The summed E-state index contributed by atoms with van der Waals surface area (Å²) >= 11 is 0. The van der Waals surface area contributed by atoms with E-state index in [4.69, 9.17) is 0 Å². The van der Waals surface area contributed by atoms with Gasteiger partial charge in [-0.25, -0.2) is 4.39 Å². The van der Waals surface area contributed by atoms with Gasteiger partial charge in [0.1, 0.15) is 5.82 Å². The topological polar surface area (TPSA) is 42.0 Å². The minimum absolute atomic E-state index is 0.0286. The molecule has 0 spiro atoms. The van der Waals surface area contributed by atoms with Gasteiger partial charge in [-0.05, 0) is 36.1 Å². The molecule has 0 aliphatic heterocycles. The number of carbonyl (C=O) groups excluding carboxylic acids is 1. The van der Waals surface area contributed by atoms with Crippen LogP contribution in [0.2, 0.25) is 0 Å². The number of rotatable bonds is 3. The molecule has 2 unspecified atom stereocenters. The number of nitrogens with zero attached hydrogens (tertiary/aromatic N) is 1. The van der Waals surface area contributed by atoms with Crippen molar-refractivity contribution in [3.63, 3.8) is 0 Å². The lowest BCUT2D eigenvalue weighted by atomic mass is 10.1. The van der Waals surface area contributed by atoms with E-state index in [0.29, 0.717) is 17.7 Å². The molecule has 1 heterocycles. The largest absolute Gasteiger partial charge is 0.324 e. The van der Waals surface area contributed by atoms with E-state index < -0.39 is 0 Å².